The lowest BCUT2D eigenvalue weighted by molar-refractivity contribution is -0.740. The van der Waals surface area contributed by atoms with Crippen molar-refractivity contribution in [3.63, 3.8) is 0 Å². The third-order valence-corrected chi connectivity index (χ3v) is 5.82. The minimum atomic E-state index is -5.19. The van der Waals surface area contributed by atoms with E-state index in [9.17, 15) is 32.7 Å². The summed E-state index contributed by atoms with van der Waals surface area (Å²) < 4.78 is 31.5. The maximum Gasteiger partial charge on any atom is 0.430 e. The molecule has 0 spiro atoms. The number of carbonyl (C=O) groups is 4. The molecule has 2 unspecified atom stereocenters. The van der Waals surface area contributed by atoms with Gasteiger partial charge in [-0.15, -0.1) is 11.8 Å². The van der Waals surface area contributed by atoms with Crippen LogP contribution in [0.1, 0.15) is 11.6 Å². The third kappa shape index (κ3) is 6.05. The zero-order chi connectivity index (χ0) is 25.6. The number of carbonyl (C=O) groups excluding carboxylic acids is 3. The number of amides is 2. The normalized spacial score (nSPS) is 20.5. The summed E-state index contributed by atoms with van der Waals surface area (Å²) in [7, 11) is 1.40. The van der Waals surface area contributed by atoms with E-state index in [2.05, 4.69) is 10.5 Å². The van der Waals surface area contributed by atoms with Crippen LogP contribution in [-0.4, -0.2) is 70.4 Å². The minimum Gasteiger partial charge on any atom is -0.542 e. The first-order valence-electron chi connectivity index (χ1n) is 9.32. The standard InChI is InChI=1S/C17H18N4O5S.C2HF3O2/c1-26-19-7-10-8-27-16-12(15(23)21(16)13(10)17(24)25)20-14(22)11(18)9-5-3-2-4-6-9;3-2(4,5)1(6)7/h2-7,11-12,16H,8,18H2,1H3,(H,20,22)(H,24,25);(H,6,7)/t11?,12?,16-;/m1./s1. The zero-order valence-corrected chi connectivity index (χ0v) is 18.2. The van der Waals surface area contributed by atoms with E-state index in [1.807, 2.05) is 6.07 Å². The molecule has 1 aromatic carbocycles. The highest BCUT2D eigenvalue weighted by Gasteiger charge is 2.54. The number of alkyl halides is 3. The van der Waals surface area contributed by atoms with Crippen LogP contribution < -0.4 is 21.3 Å². The molecule has 15 heteroatoms. The number of carboxylic acids is 2. The quantitative estimate of drug-likeness (QED) is 0.184. The fraction of sp³-hybridized carbons (Fsp3) is 0.316. The number of benzene rings is 1. The van der Waals surface area contributed by atoms with E-state index >= 15 is 0 Å². The van der Waals surface area contributed by atoms with Crippen LogP contribution in [0.4, 0.5) is 13.2 Å². The summed E-state index contributed by atoms with van der Waals surface area (Å²) in [4.78, 5) is 51.2. The maximum absolute atomic E-state index is 12.5. The summed E-state index contributed by atoms with van der Waals surface area (Å²) in [5.74, 6) is -4.85. The molecule has 184 valence electrons. The number of β-lactam (4-membered cyclic amide) rings is 1. The zero-order valence-electron chi connectivity index (χ0n) is 17.4. The van der Waals surface area contributed by atoms with Gasteiger partial charge in [0.1, 0.15) is 36.2 Å². The van der Waals surface area contributed by atoms with Crippen LogP contribution in [0.3, 0.4) is 0 Å². The number of rotatable bonds is 6. The van der Waals surface area contributed by atoms with Gasteiger partial charge < -0.3 is 26.1 Å². The molecule has 34 heavy (non-hydrogen) atoms. The molecule has 0 aliphatic carbocycles. The summed E-state index contributed by atoms with van der Waals surface area (Å²) in [5, 5.41) is 22.9. The molecule has 0 saturated carbocycles. The lowest BCUT2D eigenvalue weighted by atomic mass is 10.0. The predicted molar refractivity (Wildman–Crippen MR) is 108 cm³/mol. The van der Waals surface area contributed by atoms with Gasteiger partial charge in [0, 0.05) is 5.75 Å². The number of fused-ring (bicyclic) bond motifs is 1. The first kappa shape index (κ1) is 26.7. The molecule has 1 aromatic rings. The molecule has 0 aromatic heterocycles. The molecule has 2 aliphatic heterocycles. The van der Waals surface area contributed by atoms with Gasteiger partial charge in [0.05, 0.1) is 5.57 Å². The Labute approximate surface area is 194 Å². The minimum absolute atomic E-state index is 0.119. The van der Waals surface area contributed by atoms with Crippen molar-refractivity contribution >= 4 is 41.7 Å². The van der Waals surface area contributed by atoms with Gasteiger partial charge in [0.2, 0.25) is 12.1 Å². The Bertz CT molecular complexity index is 1020. The molecule has 1 saturated heterocycles. The molecular weight excluding hydrogens is 485 g/mol. The number of nitrogens with one attached hydrogen (secondary N) is 2. The van der Waals surface area contributed by atoms with E-state index in [4.69, 9.17) is 20.5 Å². The highest BCUT2D eigenvalue weighted by atomic mass is 32.2. The lowest BCUT2D eigenvalue weighted by Crippen LogP contribution is -2.72. The van der Waals surface area contributed by atoms with Crippen LogP contribution in [0.25, 0.3) is 0 Å². The van der Waals surface area contributed by atoms with Crippen molar-refractivity contribution in [1.82, 2.24) is 10.2 Å². The number of nitrogens with two attached hydrogens (primary N) is 1. The number of thioether (sulfide) groups is 1. The van der Waals surface area contributed by atoms with Crippen molar-refractivity contribution in [3.8, 4) is 0 Å². The number of hydrogen-bond donors (Lipinski definition) is 4. The Balaban J connectivity index is 0.000000509. The lowest BCUT2D eigenvalue weighted by Gasteiger charge is -2.49. The third-order valence-electron chi connectivity index (χ3n) is 4.52. The summed E-state index contributed by atoms with van der Waals surface area (Å²) in [5.41, 5.74) is 6.89. The highest BCUT2D eigenvalue weighted by Crippen LogP contribution is 2.39. The molecule has 1 fully saturated rings. The fourth-order valence-electron chi connectivity index (χ4n) is 2.94. The summed E-state index contributed by atoms with van der Waals surface area (Å²) >= 11 is 1.36. The fourth-order valence-corrected chi connectivity index (χ4v) is 4.24. The Morgan fingerprint density at radius 1 is 1.35 bits per heavy atom. The van der Waals surface area contributed by atoms with Crippen molar-refractivity contribution in [2.24, 2.45) is 5.73 Å². The van der Waals surface area contributed by atoms with Gasteiger partial charge in [-0.05, 0) is 10.7 Å². The average Bonchev–Trinajstić information content (AvgIpc) is 2.79. The van der Waals surface area contributed by atoms with Crippen LogP contribution in [0.2, 0.25) is 0 Å². The first-order valence-corrected chi connectivity index (χ1v) is 10.4. The van der Waals surface area contributed by atoms with Gasteiger partial charge in [0.25, 0.3) is 5.91 Å². The largest absolute Gasteiger partial charge is 0.542 e. The Morgan fingerprint density at radius 2 is 1.94 bits per heavy atom. The van der Waals surface area contributed by atoms with Crippen LogP contribution in [0.15, 0.2) is 41.6 Å². The molecule has 2 amide bonds. The molecule has 0 radical (unpaired) electrons. The maximum atomic E-state index is 12.5. The second kappa shape index (κ2) is 11.0. The van der Waals surface area contributed by atoms with Crippen molar-refractivity contribution in [2.45, 2.75) is 23.6 Å². The van der Waals surface area contributed by atoms with E-state index < -0.39 is 47.4 Å². The van der Waals surface area contributed by atoms with E-state index in [0.29, 0.717) is 16.9 Å². The second-order valence-electron chi connectivity index (χ2n) is 6.71. The topological polar surface area (TPSA) is 176 Å². The first-order chi connectivity index (χ1) is 15.9. The van der Waals surface area contributed by atoms with E-state index in [0.717, 1.165) is 0 Å². The molecule has 3 rings (SSSR count). The second-order valence-corrected chi connectivity index (χ2v) is 7.82. The van der Waals surface area contributed by atoms with E-state index in [1.165, 1.54) is 30.0 Å². The van der Waals surface area contributed by atoms with Crippen molar-refractivity contribution in [1.29, 1.82) is 0 Å². The van der Waals surface area contributed by atoms with Gasteiger partial charge in [-0.3, -0.25) is 19.3 Å². The van der Waals surface area contributed by atoms with Crippen LogP contribution in [0.5, 0.6) is 0 Å². The smallest absolute Gasteiger partial charge is 0.430 e. The molecule has 2 heterocycles. The molecule has 0 bridgehead atoms. The predicted octanol–water partition coefficient (Wildman–Crippen LogP) is -2.56. The highest BCUT2D eigenvalue weighted by molar-refractivity contribution is 8.00. The average molecular weight is 504 g/mol. The molecule has 3 atom stereocenters. The van der Waals surface area contributed by atoms with E-state index in [-0.39, 0.29) is 5.70 Å². The SMILES string of the molecule is CO[NH+]=CC1=C(C(=O)O)N2C(=O)C(NC(=O)C(N)c3ccccc3)[C@H]2SC1.O=C([O-])C(F)(F)F. The summed E-state index contributed by atoms with van der Waals surface area (Å²) in [6.45, 7) is 0. The Hall–Kier alpha value is -3.59. The van der Waals surface area contributed by atoms with Crippen LogP contribution in [0, 0.1) is 0 Å². The Morgan fingerprint density at radius 3 is 2.44 bits per heavy atom. The van der Waals surface area contributed by atoms with Crippen molar-refractivity contribution < 1.29 is 52.6 Å². The van der Waals surface area contributed by atoms with Gasteiger partial charge in [-0.1, -0.05) is 30.3 Å². The monoisotopic (exact) mass is 504 g/mol. The van der Waals surface area contributed by atoms with Gasteiger partial charge >= 0.3 is 12.1 Å². The summed E-state index contributed by atoms with van der Waals surface area (Å²) in [6.07, 6.45) is -3.79. The molecule has 11 nitrogen and oxygen atoms in total. The van der Waals surface area contributed by atoms with Gasteiger partial charge in [-0.25, -0.2) is 4.79 Å². The van der Waals surface area contributed by atoms with Crippen LogP contribution in [-0.2, 0) is 24.0 Å². The molecule has 5 N–H and O–H groups in total. The number of hydrogen-bond acceptors (Lipinski definition) is 8. The number of carboxylic acid groups (broad SMARTS) is 2. The van der Waals surface area contributed by atoms with Gasteiger partial charge in [0.15, 0.2) is 0 Å². The number of aliphatic carboxylic acids is 2. The van der Waals surface area contributed by atoms with Crippen molar-refractivity contribution in [2.75, 3.05) is 12.9 Å². The van der Waals surface area contributed by atoms with Crippen molar-refractivity contribution in [3.05, 3.63) is 47.2 Å². The molecular formula is C19H19F3N4O7S. The van der Waals surface area contributed by atoms with Gasteiger partial charge in [-0.2, -0.15) is 13.2 Å². The number of halogens is 3. The molecule has 2 aliphatic rings. The summed E-state index contributed by atoms with van der Waals surface area (Å²) in [6, 6.07) is 7.08. The number of nitrogens with zero attached hydrogens (tertiary/aromatic N) is 1. The Kier molecular flexibility index (Phi) is 8.64. The van der Waals surface area contributed by atoms with E-state index in [1.54, 1.807) is 24.3 Å². The van der Waals surface area contributed by atoms with Crippen LogP contribution >= 0.6 is 11.8 Å².